The SMILES string of the molecule is COc1ccc2[nH]c(C(=O)N[C@H](C)[C@@H](CO)NC(=O)C3=NNC(=O)CC3)c(C)c2c1. The zero-order valence-corrected chi connectivity index (χ0v) is 17.0. The van der Waals surface area contributed by atoms with Crippen LogP contribution < -0.4 is 20.8 Å². The fourth-order valence-corrected chi connectivity index (χ4v) is 3.26. The number of aliphatic hydroxyl groups excluding tert-OH is 1. The van der Waals surface area contributed by atoms with Crippen molar-refractivity contribution < 1.29 is 24.2 Å². The van der Waals surface area contributed by atoms with E-state index in [0.29, 0.717) is 11.4 Å². The molecule has 30 heavy (non-hydrogen) atoms. The second kappa shape index (κ2) is 8.95. The molecular weight excluding hydrogens is 390 g/mol. The number of aryl methyl sites for hydroxylation is 1. The molecule has 0 saturated heterocycles. The normalized spacial score (nSPS) is 15.7. The number of aromatic amines is 1. The lowest BCUT2D eigenvalue weighted by molar-refractivity contribution is -0.121. The van der Waals surface area contributed by atoms with Crippen LogP contribution in [0.2, 0.25) is 0 Å². The molecule has 1 aliphatic heterocycles. The summed E-state index contributed by atoms with van der Waals surface area (Å²) >= 11 is 0. The number of benzene rings is 1. The molecule has 1 aromatic heterocycles. The van der Waals surface area contributed by atoms with Crippen LogP contribution >= 0.6 is 0 Å². The second-order valence-corrected chi connectivity index (χ2v) is 7.15. The van der Waals surface area contributed by atoms with E-state index in [0.717, 1.165) is 16.5 Å². The Labute approximate surface area is 173 Å². The number of carbonyl (C=O) groups is 3. The maximum Gasteiger partial charge on any atom is 0.268 e. The van der Waals surface area contributed by atoms with Crippen molar-refractivity contribution in [2.45, 2.75) is 38.8 Å². The quantitative estimate of drug-likeness (QED) is 0.443. The molecule has 3 rings (SSSR count). The van der Waals surface area contributed by atoms with Crippen molar-refractivity contribution in [1.82, 2.24) is 21.0 Å². The Kier molecular flexibility index (Phi) is 6.36. The van der Waals surface area contributed by atoms with Crippen LogP contribution in [0.3, 0.4) is 0 Å². The summed E-state index contributed by atoms with van der Waals surface area (Å²) in [5.74, 6) is -0.416. The number of nitrogens with one attached hydrogen (secondary N) is 4. The highest BCUT2D eigenvalue weighted by Gasteiger charge is 2.26. The largest absolute Gasteiger partial charge is 0.497 e. The van der Waals surface area contributed by atoms with Gasteiger partial charge in [-0.1, -0.05) is 0 Å². The molecule has 0 fully saturated rings. The molecule has 0 spiro atoms. The molecule has 0 saturated carbocycles. The molecule has 0 aliphatic carbocycles. The molecule has 2 heterocycles. The highest BCUT2D eigenvalue weighted by Crippen LogP contribution is 2.26. The van der Waals surface area contributed by atoms with Crippen LogP contribution in [0, 0.1) is 6.92 Å². The van der Waals surface area contributed by atoms with E-state index in [1.165, 1.54) is 0 Å². The lowest BCUT2D eigenvalue weighted by Crippen LogP contribution is -2.54. The molecule has 10 heteroatoms. The van der Waals surface area contributed by atoms with Crippen LogP contribution in [0.25, 0.3) is 10.9 Å². The van der Waals surface area contributed by atoms with E-state index in [-0.39, 0.29) is 37.0 Å². The number of methoxy groups -OCH3 is 1. The summed E-state index contributed by atoms with van der Waals surface area (Å²) in [6, 6.07) is 4.19. The predicted octanol–water partition coefficient (Wildman–Crippen LogP) is 0.346. The average Bonchev–Trinajstić information content (AvgIpc) is 3.08. The van der Waals surface area contributed by atoms with Gasteiger partial charge >= 0.3 is 0 Å². The van der Waals surface area contributed by atoms with Crippen molar-refractivity contribution in [2.24, 2.45) is 5.10 Å². The second-order valence-electron chi connectivity index (χ2n) is 7.15. The van der Waals surface area contributed by atoms with E-state index in [9.17, 15) is 19.5 Å². The van der Waals surface area contributed by atoms with Gasteiger partial charge in [-0.15, -0.1) is 0 Å². The lowest BCUT2D eigenvalue weighted by Gasteiger charge is -2.25. The van der Waals surface area contributed by atoms with Gasteiger partial charge < -0.3 is 25.5 Å². The Morgan fingerprint density at radius 1 is 1.27 bits per heavy atom. The number of carbonyl (C=O) groups excluding carboxylic acids is 3. The Balaban J connectivity index is 1.69. The summed E-state index contributed by atoms with van der Waals surface area (Å²) < 4.78 is 5.24. The van der Waals surface area contributed by atoms with Crippen molar-refractivity contribution in [1.29, 1.82) is 0 Å². The van der Waals surface area contributed by atoms with E-state index in [2.05, 4.69) is 26.1 Å². The van der Waals surface area contributed by atoms with Gasteiger partial charge in [-0.05, 0) is 37.6 Å². The van der Waals surface area contributed by atoms with Gasteiger partial charge in [-0.2, -0.15) is 5.10 Å². The van der Waals surface area contributed by atoms with E-state index in [1.807, 2.05) is 19.1 Å². The van der Waals surface area contributed by atoms with E-state index in [4.69, 9.17) is 4.74 Å². The van der Waals surface area contributed by atoms with Crippen molar-refractivity contribution in [3.05, 3.63) is 29.5 Å². The lowest BCUT2D eigenvalue weighted by atomic mass is 10.1. The first-order chi connectivity index (χ1) is 14.3. The summed E-state index contributed by atoms with van der Waals surface area (Å²) in [7, 11) is 1.58. The van der Waals surface area contributed by atoms with E-state index in [1.54, 1.807) is 20.1 Å². The number of hydrazone groups is 1. The number of amides is 3. The monoisotopic (exact) mass is 415 g/mol. The standard InChI is InChI=1S/C20H25N5O5/c1-10-13-8-12(30-3)4-5-14(13)22-18(10)20(29)21-11(2)16(9-26)23-19(28)15-6-7-17(27)25-24-15/h4-5,8,11,16,22,26H,6-7,9H2,1-3H3,(H,21,29)(H,23,28)(H,25,27)/t11-,16-/m1/s1. The fourth-order valence-electron chi connectivity index (χ4n) is 3.26. The fraction of sp³-hybridized carbons (Fsp3) is 0.400. The summed E-state index contributed by atoms with van der Waals surface area (Å²) in [6.07, 6.45) is 0.390. The third kappa shape index (κ3) is 4.43. The maximum absolute atomic E-state index is 12.8. The van der Waals surface area contributed by atoms with Crippen LogP contribution in [-0.4, -0.2) is 59.3 Å². The minimum atomic E-state index is -0.730. The van der Waals surface area contributed by atoms with Crippen molar-refractivity contribution in [3.63, 3.8) is 0 Å². The highest BCUT2D eigenvalue weighted by atomic mass is 16.5. The maximum atomic E-state index is 12.8. The van der Waals surface area contributed by atoms with E-state index >= 15 is 0 Å². The molecule has 3 amide bonds. The van der Waals surface area contributed by atoms with Crippen LogP contribution in [-0.2, 0) is 9.59 Å². The third-order valence-corrected chi connectivity index (χ3v) is 5.13. The molecular formula is C20H25N5O5. The molecule has 10 nitrogen and oxygen atoms in total. The molecule has 0 bridgehead atoms. The van der Waals surface area contributed by atoms with E-state index < -0.39 is 18.0 Å². The zero-order valence-electron chi connectivity index (χ0n) is 17.0. The first-order valence-corrected chi connectivity index (χ1v) is 9.58. The van der Waals surface area contributed by atoms with Crippen LogP contribution in [0.5, 0.6) is 5.75 Å². The number of ether oxygens (including phenoxy) is 1. The Bertz CT molecular complexity index is 1010. The minimum Gasteiger partial charge on any atom is -0.497 e. The first-order valence-electron chi connectivity index (χ1n) is 9.58. The van der Waals surface area contributed by atoms with Crippen LogP contribution in [0.1, 0.15) is 35.8 Å². The predicted molar refractivity (Wildman–Crippen MR) is 110 cm³/mol. The van der Waals surface area contributed by atoms with Crippen LogP contribution in [0.4, 0.5) is 0 Å². The Hall–Kier alpha value is -3.40. The van der Waals surface area contributed by atoms with Gasteiger partial charge in [0, 0.05) is 29.8 Å². The number of hydrogen-bond acceptors (Lipinski definition) is 6. The summed E-state index contributed by atoms with van der Waals surface area (Å²) in [4.78, 5) is 39.4. The van der Waals surface area contributed by atoms with Gasteiger partial charge in [-0.3, -0.25) is 14.4 Å². The zero-order chi connectivity index (χ0) is 21.8. The number of hydrogen-bond donors (Lipinski definition) is 5. The average molecular weight is 415 g/mol. The molecule has 0 unspecified atom stereocenters. The molecule has 2 aromatic rings. The van der Waals surface area contributed by atoms with Gasteiger partial charge in [0.1, 0.15) is 17.2 Å². The number of H-pyrrole nitrogens is 1. The number of aliphatic hydroxyl groups is 1. The van der Waals surface area contributed by atoms with Crippen molar-refractivity contribution in [2.75, 3.05) is 13.7 Å². The first kappa shape index (κ1) is 21.3. The summed E-state index contributed by atoms with van der Waals surface area (Å²) in [5.41, 5.74) is 4.40. The number of nitrogens with zero attached hydrogens (tertiary/aromatic N) is 1. The molecule has 0 radical (unpaired) electrons. The minimum absolute atomic E-state index is 0.173. The third-order valence-electron chi connectivity index (χ3n) is 5.13. The van der Waals surface area contributed by atoms with Gasteiger partial charge in [0.25, 0.3) is 11.8 Å². The van der Waals surface area contributed by atoms with Crippen molar-refractivity contribution >= 4 is 34.3 Å². The number of aromatic nitrogens is 1. The molecule has 2 atom stereocenters. The number of fused-ring (bicyclic) bond motifs is 1. The van der Waals surface area contributed by atoms with Gasteiger partial charge in [-0.25, -0.2) is 5.43 Å². The van der Waals surface area contributed by atoms with Crippen molar-refractivity contribution in [3.8, 4) is 5.75 Å². The molecule has 1 aliphatic rings. The number of rotatable bonds is 7. The molecule has 5 N–H and O–H groups in total. The van der Waals surface area contributed by atoms with Gasteiger partial charge in [0.15, 0.2) is 0 Å². The summed E-state index contributed by atoms with van der Waals surface area (Å²) in [6.45, 7) is 3.14. The smallest absolute Gasteiger partial charge is 0.268 e. The van der Waals surface area contributed by atoms with Crippen LogP contribution in [0.15, 0.2) is 23.3 Å². The molecule has 1 aromatic carbocycles. The highest BCUT2D eigenvalue weighted by molar-refractivity contribution is 6.39. The molecule has 160 valence electrons. The van der Waals surface area contributed by atoms with Gasteiger partial charge in [0.2, 0.25) is 5.91 Å². The topological polar surface area (TPSA) is 145 Å². The summed E-state index contributed by atoms with van der Waals surface area (Å²) in [5, 5.41) is 19.8. The Morgan fingerprint density at radius 2 is 2.03 bits per heavy atom. The van der Waals surface area contributed by atoms with Gasteiger partial charge in [0.05, 0.1) is 19.8 Å². The Morgan fingerprint density at radius 3 is 2.67 bits per heavy atom.